The van der Waals surface area contributed by atoms with E-state index in [9.17, 15) is 5.11 Å². The van der Waals surface area contributed by atoms with E-state index >= 15 is 0 Å². The molecule has 0 spiro atoms. The number of β-amino-alcohol motifs (C(OH)–C–C–N with tert-alkyl or cyclic N) is 1. The average Bonchev–Trinajstić information content (AvgIpc) is 2.96. The number of rotatable bonds is 3. The fraction of sp³-hybridized carbons (Fsp3) is 0.538. The van der Waals surface area contributed by atoms with E-state index in [2.05, 4.69) is 5.32 Å². The van der Waals surface area contributed by atoms with Crippen molar-refractivity contribution in [3.8, 4) is 17.2 Å². The fourth-order valence-corrected chi connectivity index (χ4v) is 2.53. The summed E-state index contributed by atoms with van der Waals surface area (Å²) in [5.41, 5.74) is 0.258. The minimum absolute atomic E-state index is 0.244. The molecule has 18 heavy (non-hydrogen) atoms. The first-order chi connectivity index (χ1) is 8.70. The summed E-state index contributed by atoms with van der Waals surface area (Å²) in [6, 6.07) is 3.72. The van der Waals surface area contributed by atoms with Crippen molar-refractivity contribution in [2.24, 2.45) is 0 Å². The van der Waals surface area contributed by atoms with Gasteiger partial charge in [0.2, 0.25) is 6.79 Å². The smallest absolute Gasteiger partial charge is 0.231 e. The summed E-state index contributed by atoms with van der Waals surface area (Å²) in [4.78, 5) is 0. The number of hydrogen-bond acceptors (Lipinski definition) is 5. The van der Waals surface area contributed by atoms with Gasteiger partial charge >= 0.3 is 0 Å². The Kier molecular flexibility index (Phi) is 2.80. The van der Waals surface area contributed by atoms with Gasteiger partial charge in [-0.2, -0.15) is 0 Å². The maximum atomic E-state index is 10.4. The number of fused-ring (bicyclic) bond motifs is 1. The van der Waals surface area contributed by atoms with Gasteiger partial charge in [-0.25, -0.2) is 0 Å². The van der Waals surface area contributed by atoms with Gasteiger partial charge in [0.1, 0.15) is 5.75 Å². The lowest BCUT2D eigenvalue weighted by Gasteiger charge is -2.22. The summed E-state index contributed by atoms with van der Waals surface area (Å²) in [5.74, 6) is 2.16. The Morgan fingerprint density at radius 1 is 1.39 bits per heavy atom. The van der Waals surface area contributed by atoms with Gasteiger partial charge in [0.25, 0.3) is 0 Å². The van der Waals surface area contributed by atoms with Crippen LogP contribution in [-0.2, 0) is 6.42 Å². The topological polar surface area (TPSA) is 60.0 Å². The number of methoxy groups -OCH3 is 1. The van der Waals surface area contributed by atoms with E-state index in [4.69, 9.17) is 14.2 Å². The molecule has 1 saturated heterocycles. The van der Waals surface area contributed by atoms with Crippen LogP contribution in [0.2, 0.25) is 0 Å². The first kappa shape index (κ1) is 11.6. The lowest BCUT2D eigenvalue weighted by molar-refractivity contribution is 0.0612. The third kappa shape index (κ3) is 2.00. The number of nitrogens with one attached hydrogen (secondary N) is 1. The molecule has 1 fully saturated rings. The number of hydrogen-bond donors (Lipinski definition) is 2. The van der Waals surface area contributed by atoms with Crippen LogP contribution < -0.4 is 19.5 Å². The Morgan fingerprint density at radius 2 is 2.17 bits per heavy atom. The first-order valence-electron chi connectivity index (χ1n) is 6.10. The molecule has 0 amide bonds. The van der Waals surface area contributed by atoms with Crippen molar-refractivity contribution < 1.29 is 19.3 Å². The Bertz CT molecular complexity index is 455. The number of aliphatic hydroxyl groups is 1. The third-order valence-corrected chi connectivity index (χ3v) is 3.52. The lowest BCUT2D eigenvalue weighted by atomic mass is 9.93. The van der Waals surface area contributed by atoms with Gasteiger partial charge < -0.3 is 24.6 Å². The summed E-state index contributed by atoms with van der Waals surface area (Å²) in [7, 11) is 1.62. The van der Waals surface area contributed by atoms with E-state index in [1.165, 1.54) is 0 Å². The molecule has 0 aliphatic carbocycles. The van der Waals surface area contributed by atoms with Gasteiger partial charge in [0, 0.05) is 24.6 Å². The van der Waals surface area contributed by atoms with Crippen molar-refractivity contribution in [3.05, 3.63) is 17.7 Å². The van der Waals surface area contributed by atoms with Gasteiger partial charge in [-0.15, -0.1) is 0 Å². The molecule has 0 bridgehead atoms. The fourth-order valence-electron chi connectivity index (χ4n) is 2.53. The van der Waals surface area contributed by atoms with Crippen LogP contribution in [0.1, 0.15) is 12.0 Å². The Morgan fingerprint density at radius 3 is 2.83 bits per heavy atom. The van der Waals surface area contributed by atoms with Crippen LogP contribution in [0.4, 0.5) is 0 Å². The maximum Gasteiger partial charge on any atom is 0.231 e. The highest BCUT2D eigenvalue weighted by molar-refractivity contribution is 5.52. The van der Waals surface area contributed by atoms with Crippen molar-refractivity contribution in [1.82, 2.24) is 5.32 Å². The van der Waals surface area contributed by atoms with Crippen LogP contribution in [0.5, 0.6) is 17.2 Å². The molecular formula is C13H17NO4. The van der Waals surface area contributed by atoms with Crippen molar-refractivity contribution in [1.29, 1.82) is 0 Å². The monoisotopic (exact) mass is 251 g/mol. The molecule has 2 aliphatic rings. The average molecular weight is 251 g/mol. The van der Waals surface area contributed by atoms with Crippen molar-refractivity contribution >= 4 is 0 Å². The van der Waals surface area contributed by atoms with Gasteiger partial charge in [-0.3, -0.25) is 0 Å². The molecule has 2 N–H and O–H groups in total. The van der Waals surface area contributed by atoms with Gasteiger partial charge in [0.15, 0.2) is 11.5 Å². The number of ether oxygens (including phenoxy) is 3. The van der Waals surface area contributed by atoms with Crippen molar-refractivity contribution in [3.63, 3.8) is 0 Å². The molecule has 1 aromatic rings. The molecule has 1 atom stereocenters. The molecule has 0 aromatic heterocycles. The highest BCUT2D eigenvalue weighted by Gasteiger charge is 2.33. The van der Waals surface area contributed by atoms with E-state index in [0.29, 0.717) is 18.7 Å². The molecule has 2 heterocycles. The van der Waals surface area contributed by atoms with E-state index in [1.807, 2.05) is 12.1 Å². The maximum absolute atomic E-state index is 10.4. The molecule has 2 aliphatic heterocycles. The minimum atomic E-state index is -0.693. The molecule has 1 unspecified atom stereocenters. The second kappa shape index (κ2) is 4.33. The highest BCUT2D eigenvalue weighted by Crippen LogP contribution is 2.39. The molecule has 0 saturated carbocycles. The summed E-state index contributed by atoms with van der Waals surface area (Å²) < 4.78 is 16.0. The van der Waals surface area contributed by atoms with E-state index in [-0.39, 0.29) is 6.79 Å². The minimum Gasteiger partial charge on any atom is -0.496 e. The van der Waals surface area contributed by atoms with Crippen LogP contribution in [-0.4, -0.2) is 37.7 Å². The number of benzene rings is 1. The summed E-state index contributed by atoms with van der Waals surface area (Å²) in [6.45, 7) is 1.71. The third-order valence-electron chi connectivity index (χ3n) is 3.52. The highest BCUT2D eigenvalue weighted by atomic mass is 16.7. The van der Waals surface area contributed by atoms with Crippen LogP contribution in [0.25, 0.3) is 0 Å². The summed E-state index contributed by atoms with van der Waals surface area (Å²) in [6.07, 6.45) is 1.31. The van der Waals surface area contributed by atoms with E-state index < -0.39 is 5.60 Å². The summed E-state index contributed by atoms with van der Waals surface area (Å²) in [5, 5.41) is 13.6. The van der Waals surface area contributed by atoms with Crippen LogP contribution >= 0.6 is 0 Å². The zero-order valence-corrected chi connectivity index (χ0v) is 10.4. The molecule has 1 aromatic carbocycles. The Labute approximate surface area is 106 Å². The largest absolute Gasteiger partial charge is 0.496 e. The molecule has 98 valence electrons. The zero-order valence-electron chi connectivity index (χ0n) is 10.4. The predicted molar refractivity (Wildman–Crippen MR) is 65.3 cm³/mol. The van der Waals surface area contributed by atoms with Crippen LogP contribution in [0.3, 0.4) is 0 Å². The van der Waals surface area contributed by atoms with Crippen LogP contribution in [0, 0.1) is 0 Å². The van der Waals surface area contributed by atoms with E-state index in [1.54, 1.807) is 7.11 Å². The second-order valence-electron chi connectivity index (χ2n) is 4.85. The quantitative estimate of drug-likeness (QED) is 0.827. The van der Waals surface area contributed by atoms with Gasteiger partial charge in [0.05, 0.1) is 12.7 Å². The van der Waals surface area contributed by atoms with Gasteiger partial charge in [-0.05, 0) is 19.0 Å². The molecule has 5 nitrogen and oxygen atoms in total. The molecular weight excluding hydrogens is 234 g/mol. The van der Waals surface area contributed by atoms with Crippen molar-refractivity contribution in [2.45, 2.75) is 18.4 Å². The lowest BCUT2D eigenvalue weighted by Crippen LogP contribution is -2.33. The Hall–Kier alpha value is -1.46. The summed E-state index contributed by atoms with van der Waals surface area (Å²) >= 11 is 0. The normalized spacial score (nSPS) is 25.4. The predicted octanol–water partition coefficient (Wildman–Crippen LogP) is 0.691. The van der Waals surface area contributed by atoms with Gasteiger partial charge in [-0.1, -0.05) is 0 Å². The Balaban J connectivity index is 1.90. The standard InChI is InChI=1S/C13H17NO4/c1-16-10-5-12-11(17-8-18-12)4-9(10)6-13(15)2-3-14-7-13/h4-5,14-15H,2-3,6-8H2,1H3. The molecule has 5 heteroatoms. The van der Waals surface area contributed by atoms with E-state index in [0.717, 1.165) is 30.0 Å². The van der Waals surface area contributed by atoms with Crippen LogP contribution in [0.15, 0.2) is 12.1 Å². The van der Waals surface area contributed by atoms with Crippen molar-refractivity contribution in [2.75, 3.05) is 27.0 Å². The molecule has 0 radical (unpaired) electrons. The zero-order chi connectivity index (χ0) is 12.6. The molecule has 3 rings (SSSR count). The SMILES string of the molecule is COc1cc2c(cc1CC1(O)CCNC1)OCO2. The second-order valence-corrected chi connectivity index (χ2v) is 4.85. The first-order valence-corrected chi connectivity index (χ1v) is 6.10.